The van der Waals surface area contributed by atoms with E-state index in [1.54, 1.807) is 17.9 Å². The lowest BCUT2D eigenvalue weighted by Gasteiger charge is -2.22. The van der Waals surface area contributed by atoms with Gasteiger partial charge in [0.25, 0.3) is 15.0 Å². The first-order chi connectivity index (χ1) is 9.25. The van der Waals surface area contributed by atoms with Gasteiger partial charge in [-0.1, -0.05) is 6.07 Å². The number of hydrogen-bond acceptors (Lipinski definition) is 3. The number of rotatable bonds is 4. The molecule has 110 valence electrons. The summed E-state index contributed by atoms with van der Waals surface area (Å²) in [5.41, 5.74) is 1.75. The molecule has 1 aliphatic rings. The highest BCUT2D eigenvalue weighted by molar-refractivity contribution is 8.13. The molecule has 0 bridgehead atoms. The Morgan fingerprint density at radius 3 is 2.35 bits per heavy atom. The maximum Gasteiger partial charge on any atom is 0.261 e. The molecule has 0 atom stereocenters. The maximum absolute atomic E-state index is 12.6. The number of aryl methyl sites for hydroxylation is 2. The Labute approximate surface area is 124 Å². The summed E-state index contributed by atoms with van der Waals surface area (Å²) in [4.78, 5) is 14.4. The van der Waals surface area contributed by atoms with Gasteiger partial charge in [0.2, 0.25) is 0 Å². The van der Waals surface area contributed by atoms with Gasteiger partial charge in [-0.3, -0.25) is 4.79 Å². The topological polar surface area (TPSA) is 54.5 Å². The van der Waals surface area contributed by atoms with Crippen molar-refractivity contribution in [1.29, 1.82) is 0 Å². The van der Waals surface area contributed by atoms with Crippen LogP contribution in [0.2, 0.25) is 0 Å². The van der Waals surface area contributed by atoms with Crippen LogP contribution in [0, 0.1) is 13.8 Å². The number of halogens is 1. The van der Waals surface area contributed by atoms with E-state index in [1.165, 1.54) is 6.07 Å². The van der Waals surface area contributed by atoms with E-state index in [4.69, 9.17) is 10.7 Å². The van der Waals surface area contributed by atoms with Crippen LogP contribution in [0.1, 0.15) is 41.3 Å². The van der Waals surface area contributed by atoms with Crippen LogP contribution >= 0.6 is 10.7 Å². The highest BCUT2D eigenvalue weighted by Crippen LogP contribution is 2.30. The van der Waals surface area contributed by atoms with Crippen LogP contribution in [-0.4, -0.2) is 31.8 Å². The normalized spacial score (nSPS) is 15.2. The van der Waals surface area contributed by atoms with Crippen LogP contribution in [0.25, 0.3) is 0 Å². The minimum Gasteiger partial charge on any atom is -0.336 e. The fraction of sp³-hybridized carbons (Fsp3) is 0.500. The zero-order valence-electron chi connectivity index (χ0n) is 11.8. The van der Waals surface area contributed by atoms with Gasteiger partial charge in [-0.15, -0.1) is 0 Å². The zero-order chi connectivity index (χ0) is 15.1. The molecular weight excluding hydrogens is 298 g/mol. The lowest BCUT2D eigenvalue weighted by Crippen LogP contribution is -2.33. The molecule has 0 spiro atoms. The SMILES string of the molecule is CCN(C(=O)c1cc(S(=O)(=O)Cl)c(C)cc1C)C1CC1. The van der Waals surface area contributed by atoms with E-state index in [1.807, 2.05) is 13.8 Å². The van der Waals surface area contributed by atoms with Crippen LogP contribution in [0.3, 0.4) is 0 Å². The van der Waals surface area contributed by atoms with Crippen molar-refractivity contribution in [2.45, 2.75) is 44.6 Å². The largest absolute Gasteiger partial charge is 0.336 e. The third-order valence-corrected chi connectivity index (χ3v) is 5.07. The summed E-state index contributed by atoms with van der Waals surface area (Å²) >= 11 is 0. The van der Waals surface area contributed by atoms with Crippen molar-refractivity contribution in [1.82, 2.24) is 4.90 Å². The fourth-order valence-electron chi connectivity index (χ4n) is 2.43. The van der Waals surface area contributed by atoms with Gasteiger partial charge < -0.3 is 4.90 Å². The van der Waals surface area contributed by atoms with Crippen molar-refractivity contribution in [3.05, 3.63) is 28.8 Å². The Morgan fingerprint density at radius 2 is 1.90 bits per heavy atom. The predicted octanol–water partition coefficient (Wildman–Crippen LogP) is 2.86. The molecule has 0 N–H and O–H groups in total. The smallest absolute Gasteiger partial charge is 0.261 e. The van der Waals surface area contributed by atoms with E-state index in [0.717, 1.165) is 18.4 Å². The fourth-order valence-corrected chi connectivity index (χ4v) is 3.63. The molecule has 1 aliphatic carbocycles. The van der Waals surface area contributed by atoms with Gasteiger partial charge >= 0.3 is 0 Å². The van der Waals surface area contributed by atoms with Crippen LogP contribution in [0.4, 0.5) is 0 Å². The van der Waals surface area contributed by atoms with E-state index in [9.17, 15) is 13.2 Å². The average molecular weight is 316 g/mol. The molecule has 2 rings (SSSR count). The van der Waals surface area contributed by atoms with E-state index in [2.05, 4.69) is 0 Å². The van der Waals surface area contributed by atoms with Gasteiger partial charge in [0.05, 0.1) is 4.90 Å². The molecule has 0 radical (unpaired) electrons. The summed E-state index contributed by atoms with van der Waals surface area (Å²) < 4.78 is 23.1. The maximum atomic E-state index is 12.6. The van der Waals surface area contributed by atoms with Gasteiger partial charge in [0.1, 0.15) is 0 Å². The molecule has 0 unspecified atom stereocenters. The summed E-state index contributed by atoms with van der Waals surface area (Å²) in [6.07, 6.45) is 2.04. The third-order valence-electron chi connectivity index (χ3n) is 3.60. The summed E-state index contributed by atoms with van der Waals surface area (Å²) in [5, 5.41) is 0. The second-order valence-electron chi connectivity index (χ2n) is 5.19. The molecule has 20 heavy (non-hydrogen) atoms. The highest BCUT2D eigenvalue weighted by atomic mass is 35.7. The standard InChI is InChI=1S/C14H18ClNO3S/c1-4-16(11-5-6-11)14(17)12-8-13(20(15,18)19)10(3)7-9(12)2/h7-8,11H,4-6H2,1-3H3. The molecule has 1 amide bonds. The number of benzene rings is 1. The lowest BCUT2D eigenvalue weighted by molar-refractivity contribution is 0.0751. The van der Waals surface area contributed by atoms with Crippen LogP contribution in [0.15, 0.2) is 17.0 Å². The van der Waals surface area contributed by atoms with Gasteiger partial charge in [0, 0.05) is 28.8 Å². The Kier molecular flexibility index (Phi) is 4.12. The number of carbonyl (C=O) groups excluding carboxylic acids is 1. The third kappa shape index (κ3) is 2.99. The molecule has 1 aromatic carbocycles. The molecular formula is C14H18ClNO3S. The minimum atomic E-state index is -3.84. The lowest BCUT2D eigenvalue weighted by atomic mass is 10.0. The van der Waals surface area contributed by atoms with E-state index in [-0.39, 0.29) is 10.8 Å². The number of amides is 1. The molecule has 0 saturated heterocycles. The summed E-state index contributed by atoms with van der Waals surface area (Å²) in [5.74, 6) is -0.117. The Balaban J connectivity index is 2.48. The zero-order valence-corrected chi connectivity index (χ0v) is 13.4. The van der Waals surface area contributed by atoms with Crippen molar-refractivity contribution in [2.75, 3.05) is 6.54 Å². The molecule has 1 fully saturated rings. The average Bonchev–Trinajstić information content (AvgIpc) is 3.12. The van der Waals surface area contributed by atoms with Crippen LogP contribution < -0.4 is 0 Å². The minimum absolute atomic E-state index is 0.0139. The van der Waals surface area contributed by atoms with Crippen molar-refractivity contribution < 1.29 is 13.2 Å². The monoisotopic (exact) mass is 315 g/mol. The van der Waals surface area contributed by atoms with Crippen LogP contribution in [0.5, 0.6) is 0 Å². The van der Waals surface area contributed by atoms with E-state index < -0.39 is 9.05 Å². The molecule has 1 aromatic rings. The van der Waals surface area contributed by atoms with Crippen LogP contribution in [-0.2, 0) is 9.05 Å². The van der Waals surface area contributed by atoms with Crippen molar-refractivity contribution in [2.24, 2.45) is 0 Å². The first-order valence-corrected chi connectivity index (χ1v) is 8.93. The quantitative estimate of drug-likeness (QED) is 0.803. The first kappa shape index (κ1) is 15.3. The van der Waals surface area contributed by atoms with Gasteiger partial charge in [-0.2, -0.15) is 0 Å². The summed E-state index contributed by atoms with van der Waals surface area (Å²) in [6.45, 7) is 6.04. The van der Waals surface area contributed by atoms with Crippen molar-refractivity contribution in [3.8, 4) is 0 Å². The van der Waals surface area contributed by atoms with Crippen molar-refractivity contribution >= 4 is 25.6 Å². The molecule has 0 aliphatic heterocycles. The first-order valence-electron chi connectivity index (χ1n) is 6.62. The Morgan fingerprint density at radius 1 is 1.30 bits per heavy atom. The van der Waals surface area contributed by atoms with E-state index in [0.29, 0.717) is 23.7 Å². The van der Waals surface area contributed by atoms with Gasteiger partial charge in [-0.05, 0) is 50.8 Å². The second kappa shape index (κ2) is 5.37. The van der Waals surface area contributed by atoms with Gasteiger partial charge in [-0.25, -0.2) is 8.42 Å². The molecule has 1 saturated carbocycles. The molecule has 0 heterocycles. The summed E-state index contributed by atoms with van der Waals surface area (Å²) in [7, 11) is 1.59. The Hall–Kier alpha value is -1.07. The summed E-state index contributed by atoms with van der Waals surface area (Å²) in [6, 6.07) is 3.40. The molecule has 4 nitrogen and oxygen atoms in total. The highest BCUT2D eigenvalue weighted by Gasteiger charge is 2.33. The Bertz CT molecular complexity index is 651. The van der Waals surface area contributed by atoms with Gasteiger partial charge in [0.15, 0.2) is 0 Å². The number of carbonyl (C=O) groups is 1. The van der Waals surface area contributed by atoms with E-state index >= 15 is 0 Å². The number of hydrogen-bond donors (Lipinski definition) is 0. The predicted molar refractivity (Wildman–Crippen MR) is 78.7 cm³/mol. The second-order valence-corrected chi connectivity index (χ2v) is 7.73. The number of nitrogens with zero attached hydrogens (tertiary/aromatic N) is 1. The van der Waals surface area contributed by atoms with Crippen molar-refractivity contribution in [3.63, 3.8) is 0 Å². The molecule has 0 aromatic heterocycles. The molecule has 6 heteroatoms.